The van der Waals surface area contributed by atoms with Crippen molar-refractivity contribution in [2.24, 2.45) is 0 Å². The molecule has 1 aliphatic heterocycles. The molecule has 1 N–H and O–H groups in total. The molecule has 0 amide bonds. The Bertz CT molecular complexity index is 224. The summed E-state index contributed by atoms with van der Waals surface area (Å²) in [7, 11) is 4.45. The largest absolute Gasteiger partial charge is 0.377 e. The minimum Gasteiger partial charge on any atom is -0.377 e. The first-order valence-electron chi connectivity index (χ1n) is 6.66. The van der Waals surface area contributed by atoms with Crippen LogP contribution in [0.3, 0.4) is 0 Å². The highest BCUT2D eigenvalue weighted by molar-refractivity contribution is 4.96. The summed E-state index contributed by atoms with van der Waals surface area (Å²) < 4.78 is 5.60. The van der Waals surface area contributed by atoms with Crippen molar-refractivity contribution >= 4 is 0 Å². The molecule has 2 aliphatic rings. The van der Waals surface area contributed by atoms with Crippen molar-refractivity contribution < 1.29 is 4.74 Å². The Morgan fingerprint density at radius 2 is 2.00 bits per heavy atom. The lowest BCUT2D eigenvalue weighted by atomic mass is 9.95. The molecular weight excluding hydrogens is 200 g/mol. The lowest BCUT2D eigenvalue weighted by Gasteiger charge is -2.37. The van der Waals surface area contributed by atoms with E-state index in [9.17, 15) is 0 Å². The molecule has 2 rings (SSSR count). The summed E-state index contributed by atoms with van der Waals surface area (Å²) in [5.41, 5.74) is 0.405. The first-order chi connectivity index (χ1) is 7.64. The smallest absolute Gasteiger partial charge is 0.0700 e. The van der Waals surface area contributed by atoms with Crippen molar-refractivity contribution in [3.63, 3.8) is 0 Å². The van der Waals surface area contributed by atoms with Gasteiger partial charge in [0, 0.05) is 24.7 Å². The van der Waals surface area contributed by atoms with Crippen LogP contribution in [0.2, 0.25) is 0 Å². The fraction of sp³-hybridized carbons (Fsp3) is 1.00. The Kier molecular flexibility index (Phi) is 3.88. The molecule has 0 aromatic carbocycles. The van der Waals surface area contributed by atoms with Gasteiger partial charge in [0.1, 0.15) is 0 Å². The molecule has 0 aromatic heterocycles. The molecule has 0 aromatic rings. The van der Waals surface area contributed by atoms with Gasteiger partial charge in [-0.15, -0.1) is 0 Å². The topological polar surface area (TPSA) is 24.5 Å². The van der Waals surface area contributed by atoms with Gasteiger partial charge in [0.2, 0.25) is 0 Å². The fourth-order valence-electron chi connectivity index (χ4n) is 3.14. The van der Waals surface area contributed by atoms with Crippen molar-refractivity contribution in [1.82, 2.24) is 10.2 Å². The van der Waals surface area contributed by atoms with E-state index in [2.05, 4.69) is 31.2 Å². The van der Waals surface area contributed by atoms with Gasteiger partial charge in [-0.3, -0.25) is 0 Å². The van der Waals surface area contributed by atoms with E-state index in [-0.39, 0.29) is 0 Å². The third-order valence-corrected chi connectivity index (χ3v) is 4.55. The Morgan fingerprint density at radius 3 is 2.50 bits per heavy atom. The van der Waals surface area contributed by atoms with Crippen molar-refractivity contribution in [3.8, 4) is 0 Å². The maximum Gasteiger partial charge on any atom is 0.0700 e. The van der Waals surface area contributed by atoms with Gasteiger partial charge in [0.25, 0.3) is 0 Å². The van der Waals surface area contributed by atoms with Crippen molar-refractivity contribution in [2.45, 2.75) is 56.7 Å². The highest BCUT2D eigenvalue weighted by Crippen LogP contribution is 2.33. The highest BCUT2D eigenvalue weighted by atomic mass is 16.5. The highest BCUT2D eigenvalue weighted by Gasteiger charge is 2.37. The van der Waals surface area contributed by atoms with E-state index in [0.29, 0.717) is 17.7 Å². The third-order valence-electron chi connectivity index (χ3n) is 4.55. The van der Waals surface area contributed by atoms with E-state index in [4.69, 9.17) is 4.74 Å². The van der Waals surface area contributed by atoms with Gasteiger partial charge in [-0.1, -0.05) is 12.8 Å². The van der Waals surface area contributed by atoms with Gasteiger partial charge < -0.3 is 15.0 Å². The molecule has 3 nitrogen and oxygen atoms in total. The lowest BCUT2D eigenvalue weighted by Crippen LogP contribution is -2.52. The van der Waals surface area contributed by atoms with Crippen LogP contribution in [0.5, 0.6) is 0 Å². The number of nitrogens with zero attached hydrogens (tertiary/aromatic N) is 1. The summed E-state index contributed by atoms with van der Waals surface area (Å²) in [6.07, 6.45) is 7.02. The number of rotatable bonds is 4. The average Bonchev–Trinajstić information content (AvgIpc) is 2.84. The van der Waals surface area contributed by atoms with E-state index < -0.39 is 0 Å². The van der Waals surface area contributed by atoms with Gasteiger partial charge in [-0.2, -0.15) is 0 Å². The molecule has 2 atom stereocenters. The van der Waals surface area contributed by atoms with Crippen LogP contribution in [0.4, 0.5) is 0 Å². The van der Waals surface area contributed by atoms with Crippen LogP contribution in [-0.2, 0) is 4.74 Å². The van der Waals surface area contributed by atoms with Crippen LogP contribution in [-0.4, -0.2) is 49.8 Å². The summed E-state index contributed by atoms with van der Waals surface area (Å²) in [6, 6.07) is 0.567. The van der Waals surface area contributed by atoms with Crippen molar-refractivity contribution in [2.75, 3.05) is 27.2 Å². The molecule has 0 bridgehead atoms. The Hall–Kier alpha value is -0.120. The standard InChI is InChI=1S/C13H26N2O/c1-11-12(6-9-16-11)14-10-13(15(2)3)7-4-5-8-13/h11-12,14H,4-10H2,1-3H3. The Balaban J connectivity index is 1.87. The molecule has 1 saturated heterocycles. The summed E-state index contributed by atoms with van der Waals surface area (Å²) in [6.45, 7) is 4.23. The van der Waals surface area contributed by atoms with Gasteiger partial charge in [0.05, 0.1) is 6.10 Å². The summed E-state index contributed by atoms with van der Waals surface area (Å²) in [4.78, 5) is 2.42. The second-order valence-electron chi connectivity index (χ2n) is 5.68. The first-order valence-corrected chi connectivity index (χ1v) is 6.66. The Labute approximate surface area is 99.5 Å². The summed E-state index contributed by atoms with van der Waals surface area (Å²) in [5, 5.41) is 3.73. The van der Waals surface area contributed by atoms with Crippen LogP contribution >= 0.6 is 0 Å². The predicted octanol–water partition coefficient (Wildman–Crippen LogP) is 1.63. The second-order valence-corrected chi connectivity index (χ2v) is 5.68. The maximum absolute atomic E-state index is 5.60. The van der Waals surface area contributed by atoms with Crippen LogP contribution in [0.1, 0.15) is 39.0 Å². The molecule has 2 fully saturated rings. The quantitative estimate of drug-likeness (QED) is 0.788. The molecule has 1 aliphatic carbocycles. The number of hydrogen-bond acceptors (Lipinski definition) is 3. The number of hydrogen-bond donors (Lipinski definition) is 1. The molecular formula is C13H26N2O. The third kappa shape index (κ3) is 2.41. The van der Waals surface area contributed by atoms with Crippen molar-refractivity contribution in [3.05, 3.63) is 0 Å². The van der Waals surface area contributed by atoms with Gasteiger partial charge in [-0.05, 0) is 40.3 Å². The first kappa shape index (κ1) is 12.3. The average molecular weight is 226 g/mol. The molecule has 3 heteroatoms. The fourth-order valence-corrected chi connectivity index (χ4v) is 3.14. The van der Waals surface area contributed by atoms with Gasteiger partial charge >= 0.3 is 0 Å². The predicted molar refractivity (Wildman–Crippen MR) is 66.7 cm³/mol. The molecule has 1 heterocycles. The van der Waals surface area contributed by atoms with E-state index in [1.807, 2.05) is 0 Å². The van der Waals surface area contributed by atoms with Gasteiger partial charge in [0.15, 0.2) is 0 Å². The molecule has 94 valence electrons. The zero-order valence-electron chi connectivity index (χ0n) is 11.0. The maximum atomic E-state index is 5.60. The monoisotopic (exact) mass is 226 g/mol. The second kappa shape index (κ2) is 5.03. The number of likely N-dealkylation sites (N-methyl/N-ethyl adjacent to an activating group) is 1. The Morgan fingerprint density at radius 1 is 1.31 bits per heavy atom. The minimum atomic E-state index is 0.389. The number of ether oxygens (including phenoxy) is 1. The molecule has 0 radical (unpaired) electrons. The SMILES string of the molecule is CC1OCCC1NCC1(N(C)C)CCCC1. The van der Waals surface area contributed by atoms with Crippen LogP contribution in [0, 0.1) is 0 Å². The van der Waals surface area contributed by atoms with E-state index in [0.717, 1.165) is 13.2 Å². The van der Waals surface area contributed by atoms with Crippen LogP contribution in [0.15, 0.2) is 0 Å². The van der Waals surface area contributed by atoms with E-state index in [1.165, 1.54) is 32.1 Å². The minimum absolute atomic E-state index is 0.389. The normalized spacial score (nSPS) is 33.8. The lowest BCUT2D eigenvalue weighted by molar-refractivity contribution is 0.103. The van der Waals surface area contributed by atoms with Crippen molar-refractivity contribution in [1.29, 1.82) is 0 Å². The van der Waals surface area contributed by atoms with E-state index >= 15 is 0 Å². The zero-order chi connectivity index (χ0) is 11.6. The zero-order valence-corrected chi connectivity index (χ0v) is 11.0. The van der Waals surface area contributed by atoms with Crippen LogP contribution < -0.4 is 5.32 Å². The molecule has 2 unspecified atom stereocenters. The summed E-state index contributed by atoms with van der Waals surface area (Å²) in [5.74, 6) is 0. The molecule has 16 heavy (non-hydrogen) atoms. The van der Waals surface area contributed by atoms with Crippen LogP contribution in [0.25, 0.3) is 0 Å². The van der Waals surface area contributed by atoms with Gasteiger partial charge in [-0.25, -0.2) is 0 Å². The molecule has 0 spiro atoms. The number of nitrogens with one attached hydrogen (secondary N) is 1. The molecule has 1 saturated carbocycles. The van der Waals surface area contributed by atoms with E-state index in [1.54, 1.807) is 0 Å². The summed E-state index contributed by atoms with van der Waals surface area (Å²) >= 11 is 0.